The normalized spacial score (nSPS) is 29.8. The van der Waals surface area contributed by atoms with Crippen molar-refractivity contribution in [1.29, 1.82) is 0 Å². The zero-order valence-electron chi connectivity index (χ0n) is 17.7. The van der Waals surface area contributed by atoms with Gasteiger partial charge in [0.2, 0.25) is 0 Å². The lowest BCUT2D eigenvalue weighted by molar-refractivity contribution is -0.0143. The number of rotatable bonds is 7. The molecule has 0 heterocycles. The minimum absolute atomic E-state index is 0.568. The summed E-state index contributed by atoms with van der Waals surface area (Å²) in [4.78, 5) is 0. The van der Waals surface area contributed by atoms with E-state index in [-0.39, 0.29) is 0 Å². The van der Waals surface area contributed by atoms with Crippen LogP contribution in [0, 0.1) is 30.6 Å². The maximum absolute atomic E-state index is 6.32. The third kappa shape index (κ3) is 3.77. The summed E-state index contributed by atoms with van der Waals surface area (Å²) in [5.41, 5.74) is 3.68. The van der Waals surface area contributed by atoms with Gasteiger partial charge in [-0.1, -0.05) is 36.4 Å². The summed E-state index contributed by atoms with van der Waals surface area (Å²) in [5.74, 6) is 5.50. The quantitative estimate of drug-likeness (QED) is 0.676. The lowest BCUT2D eigenvalue weighted by Crippen LogP contribution is -2.54. The molecule has 0 aromatic heterocycles. The molecule has 154 valence electrons. The number of nitrogens with one attached hydrogen (secondary N) is 1. The van der Waals surface area contributed by atoms with Crippen molar-refractivity contribution in [3.63, 3.8) is 0 Å². The van der Waals surface area contributed by atoms with Crippen molar-refractivity contribution >= 4 is 0 Å². The molecule has 4 aliphatic rings. The predicted octanol–water partition coefficient (Wildman–Crippen LogP) is 5.50. The third-order valence-electron chi connectivity index (χ3n) is 7.67. The van der Waals surface area contributed by atoms with Gasteiger partial charge in [0, 0.05) is 18.2 Å². The van der Waals surface area contributed by atoms with E-state index in [2.05, 4.69) is 48.6 Å². The van der Waals surface area contributed by atoms with Crippen LogP contribution >= 0.6 is 0 Å². The van der Waals surface area contributed by atoms with E-state index in [1.165, 1.54) is 48.8 Å². The number of para-hydroxylation sites is 1. The van der Waals surface area contributed by atoms with Crippen LogP contribution in [0.15, 0.2) is 42.5 Å². The molecular formula is C26H33NO2. The Morgan fingerprint density at radius 1 is 0.862 bits per heavy atom. The maximum atomic E-state index is 6.32. The van der Waals surface area contributed by atoms with Crippen LogP contribution in [0.25, 0.3) is 0 Å². The molecule has 0 saturated heterocycles. The number of aryl methyl sites for hydroxylation is 1. The van der Waals surface area contributed by atoms with Crippen molar-refractivity contribution in [3.05, 3.63) is 59.2 Å². The molecule has 0 atom stereocenters. The van der Waals surface area contributed by atoms with Crippen LogP contribution in [0.3, 0.4) is 0 Å². The van der Waals surface area contributed by atoms with E-state index >= 15 is 0 Å². The van der Waals surface area contributed by atoms with Crippen LogP contribution < -0.4 is 14.8 Å². The van der Waals surface area contributed by atoms with Gasteiger partial charge in [-0.25, -0.2) is 0 Å². The summed E-state index contributed by atoms with van der Waals surface area (Å²) in [6, 6.07) is 15.3. The van der Waals surface area contributed by atoms with Gasteiger partial charge >= 0.3 is 0 Å². The van der Waals surface area contributed by atoms with Crippen molar-refractivity contribution in [1.82, 2.24) is 5.32 Å². The molecule has 0 spiro atoms. The Balaban J connectivity index is 1.30. The van der Waals surface area contributed by atoms with Gasteiger partial charge in [-0.2, -0.15) is 0 Å². The smallest absolute Gasteiger partial charge is 0.166 e. The maximum Gasteiger partial charge on any atom is 0.166 e. The molecule has 4 fully saturated rings. The molecular weight excluding hydrogens is 358 g/mol. The minimum atomic E-state index is 0.568. The standard InChI is InChI=1S/C26H33NO2/c1-17-6-3-4-7-21(17)16-29-26-20(8-5-9-24(26)28-2)15-27-25-22-11-18-10-19(13-22)14-23(25)12-18/h3-9,18-19,22-23,25,27H,10-16H2,1-2H3. The largest absolute Gasteiger partial charge is 0.493 e. The lowest BCUT2D eigenvalue weighted by atomic mass is 9.54. The van der Waals surface area contributed by atoms with E-state index in [1.807, 2.05) is 6.07 Å². The number of hydrogen-bond donors (Lipinski definition) is 1. The topological polar surface area (TPSA) is 30.5 Å². The van der Waals surface area contributed by atoms with Crippen molar-refractivity contribution < 1.29 is 9.47 Å². The molecule has 2 aromatic rings. The van der Waals surface area contributed by atoms with Gasteiger partial charge in [-0.05, 0) is 79.9 Å². The minimum Gasteiger partial charge on any atom is -0.493 e. The van der Waals surface area contributed by atoms with Gasteiger partial charge < -0.3 is 14.8 Å². The highest BCUT2D eigenvalue weighted by Crippen LogP contribution is 2.53. The molecule has 0 amide bonds. The van der Waals surface area contributed by atoms with Crippen LogP contribution in [-0.4, -0.2) is 13.2 Å². The van der Waals surface area contributed by atoms with E-state index in [1.54, 1.807) is 7.11 Å². The van der Waals surface area contributed by atoms with Crippen LogP contribution in [-0.2, 0) is 13.2 Å². The Kier molecular flexibility index (Phi) is 5.26. The first kappa shape index (κ1) is 19.0. The molecule has 3 nitrogen and oxygen atoms in total. The highest BCUT2D eigenvalue weighted by atomic mass is 16.5. The molecule has 2 aromatic carbocycles. The fraction of sp³-hybridized carbons (Fsp3) is 0.538. The van der Waals surface area contributed by atoms with E-state index in [9.17, 15) is 0 Å². The first-order chi connectivity index (χ1) is 14.2. The zero-order chi connectivity index (χ0) is 19.8. The average molecular weight is 392 g/mol. The van der Waals surface area contributed by atoms with Gasteiger partial charge in [0.05, 0.1) is 7.11 Å². The fourth-order valence-corrected chi connectivity index (χ4v) is 6.43. The number of ether oxygens (including phenoxy) is 2. The van der Waals surface area contributed by atoms with Gasteiger partial charge in [0.15, 0.2) is 11.5 Å². The highest BCUT2D eigenvalue weighted by molar-refractivity contribution is 5.47. The monoisotopic (exact) mass is 391 g/mol. The summed E-state index contributed by atoms with van der Waals surface area (Å²) >= 11 is 0. The highest BCUT2D eigenvalue weighted by Gasteiger charge is 2.47. The molecule has 1 N–H and O–H groups in total. The molecule has 6 rings (SSSR count). The molecule has 3 heteroatoms. The molecule has 4 bridgehead atoms. The average Bonchev–Trinajstić information content (AvgIpc) is 2.72. The Labute approximate surface area is 174 Å². The zero-order valence-corrected chi connectivity index (χ0v) is 17.7. The molecule has 0 radical (unpaired) electrons. The van der Waals surface area contributed by atoms with Crippen molar-refractivity contribution in [3.8, 4) is 11.5 Å². The van der Waals surface area contributed by atoms with Crippen molar-refractivity contribution in [2.24, 2.45) is 23.7 Å². The molecule has 4 aliphatic carbocycles. The first-order valence-electron chi connectivity index (χ1n) is 11.3. The second-order valence-corrected chi connectivity index (χ2v) is 9.50. The summed E-state index contributed by atoms with van der Waals surface area (Å²) in [7, 11) is 1.73. The second kappa shape index (κ2) is 8.02. The van der Waals surface area contributed by atoms with Crippen LogP contribution in [0.4, 0.5) is 0 Å². The van der Waals surface area contributed by atoms with Crippen molar-refractivity contribution in [2.75, 3.05) is 7.11 Å². The van der Waals surface area contributed by atoms with Gasteiger partial charge in [0.25, 0.3) is 0 Å². The molecule has 4 saturated carbocycles. The van der Waals surface area contributed by atoms with E-state index in [4.69, 9.17) is 9.47 Å². The van der Waals surface area contributed by atoms with Crippen LogP contribution in [0.5, 0.6) is 11.5 Å². The first-order valence-corrected chi connectivity index (χ1v) is 11.3. The predicted molar refractivity (Wildman–Crippen MR) is 116 cm³/mol. The summed E-state index contributed by atoms with van der Waals surface area (Å²) in [6.45, 7) is 3.56. The fourth-order valence-electron chi connectivity index (χ4n) is 6.43. The second-order valence-electron chi connectivity index (χ2n) is 9.50. The number of methoxy groups -OCH3 is 1. The Bertz CT molecular complexity index is 834. The Morgan fingerprint density at radius 2 is 1.55 bits per heavy atom. The number of benzene rings is 2. The van der Waals surface area contributed by atoms with Crippen LogP contribution in [0.1, 0.15) is 48.8 Å². The van der Waals surface area contributed by atoms with Gasteiger partial charge in [-0.3, -0.25) is 0 Å². The van der Waals surface area contributed by atoms with E-state index < -0.39 is 0 Å². The summed E-state index contributed by atoms with van der Waals surface area (Å²) in [5, 5.41) is 3.95. The third-order valence-corrected chi connectivity index (χ3v) is 7.67. The molecule has 29 heavy (non-hydrogen) atoms. The summed E-state index contributed by atoms with van der Waals surface area (Å²) in [6.07, 6.45) is 7.28. The van der Waals surface area contributed by atoms with Crippen molar-refractivity contribution in [2.45, 2.75) is 58.2 Å². The molecule has 0 aliphatic heterocycles. The Hall–Kier alpha value is -2.00. The SMILES string of the molecule is COc1cccc(CNC2C3CC4CC(C3)CC2C4)c1OCc1ccccc1C. The summed E-state index contributed by atoms with van der Waals surface area (Å²) < 4.78 is 12.0. The van der Waals surface area contributed by atoms with Gasteiger partial charge in [-0.15, -0.1) is 0 Å². The number of hydrogen-bond acceptors (Lipinski definition) is 3. The lowest BCUT2D eigenvalue weighted by Gasteiger charge is -2.54. The Morgan fingerprint density at radius 3 is 2.24 bits per heavy atom. The van der Waals surface area contributed by atoms with E-state index in [0.717, 1.165) is 41.7 Å². The van der Waals surface area contributed by atoms with Gasteiger partial charge in [0.1, 0.15) is 6.61 Å². The van der Waals surface area contributed by atoms with Crippen LogP contribution in [0.2, 0.25) is 0 Å². The van der Waals surface area contributed by atoms with E-state index in [0.29, 0.717) is 12.6 Å². The molecule has 0 unspecified atom stereocenters.